The summed E-state index contributed by atoms with van der Waals surface area (Å²) in [7, 11) is 1.63. The first kappa shape index (κ1) is 20.2. The Morgan fingerprint density at radius 2 is 1.86 bits per heavy atom. The second kappa shape index (κ2) is 8.71. The number of carbonyl (C=O) groups is 1. The second-order valence-electron chi connectivity index (χ2n) is 6.78. The van der Waals surface area contributed by atoms with Crippen LogP contribution in [0, 0.1) is 3.57 Å². The van der Waals surface area contributed by atoms with Gasteiger partial charge in [-0.3, -0.25) is 4.79 Å². The molecule has 0 spiro atoms. The fourth-order valence-electron chi connectivity index (χ4n) is 3.37. The van der Waals surface area contributed by atoms with Crippen LogP contribution in [0.4, 0.5) is 0 Å². The van der Waals surface area contributed by atoms with E-state index in [1.165, 1.54) is 0 Å². The molecule has 0 saturated carbocycles. The summed E-state index contributed by atoms with van der Waals surface area (Å²) in [5.41, 5.74) is 4.69. The third kappa shape index (κ3) is 4.41. The first-order valence-corrected chi connectivity index (χ1v) is 11.0. The number of ether oxygens (including phenoxy) is 2. The SMILES string of the molecule is COc1cc(/C=C2\Cc3ccccc3C2=O)cc(I)c1OCc1ccc(Br)cc1. The summed E-state index contributed by atoms with van der Waals surface area (Å²) in [6, 6.07) is 19.7. The number of Topliss-reactive ketones (excluding diaryl/α,β-unsaturated/α-hetero) is 1. The number of ketones is 1. The lowest BCUT2D eigenvalue weighted by Gasteiger charge is -2.14. The van der Waals surface area contributed by atoms with E-state index in [4.69, 9.17) is 9.47 Å². The summed E-state index contributed by atoms with van der Waals surface area (Å²) in [4.78, 5) is 12.7. The highest BCUT2D eigenvalue weighted by Crippen LogP contribution is 2.36. The van der Waals surface area contributed by atoms with E-state index in [-0.39, 0.29) is 5.78 Å². The number of halogens is 2. The van der Waals surface area contributed by atoms with Gasteiger partial charge in [-0.25, -0.2) is 0 Å². The predicted octanol–water partition coefficient (Wildman–Crippen LogP) is 6.46. The molecule has 0 atom stereocenters. The second-order valence-corrected chi connectivity index (χ2v) is 8.86. The van der Waals surface area contributed by atoms with Crippen LogP contribution < -0.4 is 9.47 Å². The normalized spacial score (nSPS) is 14.2. The molecule has 0 unspecified atom stereocenters. The van der Waals surface area contributed by atoms with Crippen LogP contribution in [0.3, 0.4) is 0 Å². The van der Waals surface area contributed by atoms with Gasteiger partial charge in [0.1, 0.15) is 6.61 Å². The zero-order valence-electron chi connectivity index (χ0n) is 15.7. The van der Waals surface area contributed by atoms with E-state index in [0.717, 1.165) is 35.9 Å². The maximum Gasteiger partial charge on any atom is 0.189 e. The molecule has 1 aliphatic carbocycles. The molecule has 3 nitrogen and oxygen atoms in total. The summed E-state index contributed by atoms with van der Waals surface area (Å²) < 4.78 is 13.6. The van der Waals surface area contributed by atoms with Crippen molar-refractivity contribution >= 4 is 50.4 Å². The van der Waals surface area contributed by atoms with Crippen molar-refractivity contribution in [3.8, 4) is 11.5 Å². The molecule has 1 aliphatic rings. The third-order valence-electron chi connectivity index (χ3n) is 4.82. The van der Waals surface area contributed by atoms with Crippen LogP contribution in [0.5, 0.6) is 11.5 Å². The van der Waals surface area contributed by atoms with E-state index >= 15 is 0 Å². The van der Waals surface area contributed by atoms with E-state index in [0.29, 0.717) is 24.5 Å². The smallest absolute Gasteiger partial charge is 0.189 e. The lowest BCUT2D eigenvalue weighted by atomic mass is 10.1. The Bertz CT molecular complexity index is 1100. The quantitative estimate of drug-likeness (QED) is 0.265. The monoisotopic (exact) mass is 560 g/mol. The lowest BCUT2D eigenvalue weighted by molar-refractivity contribution is 0.104. The van der Waals surface area contributed by atoms with Crippen LogP contribution in [0.1, 0.15) is 27.0 Å². The summed E-state index contributed by atoms with van der Waals surface area (Å²) >= 11 is 5.69. The lowest BCUT2D eigenvalue weighted by Crippen LogP contribution is -2.00. The average Bonchev–Trinajstić information content (AvgIpc) is 3.04. The number of hydrogen-bond acceptors (Lipinski definition) is 3. The molecule has 4 rings (SSSR count). The van der Waals surface area contributed by atoms with Gasteiger partial charge in [-0.15, -0.1) is 0 Å². The molecule has 3 aromatic carbocycles. The molecule has 0 heterocycles. The Kier molecular flexibility index (Phi) is 6.06. The molecule has 0 N–H and O–H groups in total. The molecular weight excluding hydrogens is 543 g/mol. The van der Waals surface area contributed by atoms with Crippen molar-refractivity contribution in [1.29, 1.82) is 0 Å². The van der Waals surface area contributed by atoms with Gasteiger partial charge in [-0.2, -0.15) is 0 Å². The van der Waals surface area contributed by atoms with E-state index in [1.54, 1.807) is 7.11 Å². The Morgan fingerprint density at radius 1 is 1.10 bits per heavy atom. The molecule has 0 aromatic heterocycles. The van der Waals surface area contributed by atoms with Crippen LogP contribution in [0.2, 0.25) is 0 Å². The van der Waals surface area contributed by atoms with Crippen LogP contribution in [-0.2, 0) is 13.0 Å². The summed E-state index contributed by atoms with van der Waals surface area (Å²) in [5.74, 6) is 1.47. The maximum atomic E-state index is 12.7. The molecule has 0 saturated heterocycles. The zero-order chi connectivity index (χ0) is 20.4. The average molecular weight is 561 g/mol. The van der Waals surface area contributed by atoms with Gasteiger partial charge < -0.3 is 9.47 Å². The summed E-state index contributed by atoms with van der Waals surface area (Å²) in [6.45, 7) is 0.452. The van der Waals surface area contributed by atoms with Gasteiger partial charge in [-0.05, 0) is 69.6 Å². The number of rotatable bonds is 5. The minimum absolute atomic E-state index is 0.102. The fraction of sp³-hybridized carbons (Fsp3) is 0.125. The molecular formula is C24H18BrIO3. The first-order valence-electron chi connectivity index (χ1n) is 9.13. The number of carbonyl (C=O) groups excluding carboxylic acids is 1. The van der Waals surface area contributed by atoms with Crippen molar-refractivity contribution in [2.45, 2.75) is 13.0 Å². The van der Waals surface area contributed by atoms with Crippen molar-refractivity contribution < 1.29 is 14.3 Å². The molecule has 29 heavy (non-hydrogen) atoms. The highest BCUT2D eigenvalue weighted by atomic mass is 127. The number of hydrogen-bond donors (Lipinski definition) is 0. The van der Waals surface area contributed by atoms with Crippen LogP contribution in [0.15, 0.2) is 70.7 Å². The van der Waals surface area contributed by atoms with Gasteiger partial charge in [0.05, 0.1) is 10.7 Å². The minimum Gasteiger partial charge on any atom is -0.493 e. The van der Waals surface area contributed by atoms with Gasteiger partial charge in [0.15, 0.2) is 17.3 Å². The van der Waals surface area contributed by atoms with E-state index < -0.39 is 0 Å². The van der Waals surface area contributed by atoms with Gasteiger partial charge in [-0.1, -0.05) is 52.3 Å². The highest BCUT2D eigenvalue weighted by Gasteiger charge is 2.24. The molecule has 0 bridgehead atoms. The number of benzene rings is 3. The van der Waals surface area contributed by atoms with Gasteiger partial charge in [0.2, 0.25) is 0 Å². The van der Waals surface area contributed by atoms with Crippen LogP contribution in [0.25, 0.3) is 6.08 Å². The molecule has 5 heteroatoms. The van der Waals surface area contributed by atoms with Gasteiger partial charge >= 0.3 is 0 Å². The number of fused-ring (bicyclic) bond motifs is 1. The van der Waals surface area contributed by atoms with Crippen molar-refractivity contribution in [3.63, 3.8) is 0 Å². The van der Waals surface area contributed by atoms with Gasteiger partial charge in [0, 0.05) is 22.0 Å². The number of methoxy groups -OCH3 is 1. The Balaban J connectivity index is 1.58. The van der Waals surface area contributed by atoms with Crippen molar-refractivity contribution in [3.05, 3.63) is 96.5 Å². The molecule has 0 fully saturated rings. The standard InChI is InChI=1S/C24H18BrIO3/c1-28-22-12-16(10-18-13-17-4-2-3-5-20(17)23(18)27)11-21(26)24(22)29-14-15-6-8-19(25)9-7-15/h2-12H,13-14H2,1H3/b18-10+. The Labute approximate surface area is 192 Å². The van der Waals surface area contributed by atoms with Crippen LogP contribution >= 0.6 is 38.5 Å². The van der Waals surface area contributed by atoms with Crippen LogP contribution in [-0.4, -0.2) is 12.9 Å². The maximum absolute atomic E-state index is 12.7. The number of allylic oxidation sites excluding steroid dienone is 1. The summed E-state index contributed by atoms with van der Waals surface area (Å²) in [5, 5.41) is 0. The fourth-order valence-corrected chi connectivity index (χ4v) is 4.42. The van der Waals surface area contributed by atoms with E-state index in [1.807, 2.05) is 66.7 Å². The Morgan fingerprint density at radius 3 is 2.59 bits per heavy atom. The van der Waals surface area contributed by atoms with Crippen molar-refractivity contribution in [1.82, 2.24) is 0 Å². The Hall–Kier alpha value is -2.12. The van der Waals surface area contributed by atoms with E-state index in [9.17, 15) is 4.79 Å². The predicted molar refractivity (Wildman–Crippen MR) is 127 cm³/mol. The summed E-state index contributed by atoms with van der Waals surface area (Å²) in [6.07, 6.45) is 2.61. The molecule has 146 valence electrons. The van der Waals surface area contributed by atoms with Gasteiger partial charge in [0.25, 0.3) is 0 Å². The van der Waals surface area contributed by atoms with E-state index in [2.05, 4.69) is 38.5 Å². The first-order chi connectivity index (χ1) is 14.0. The zero-order valence-corrected chi connectivity index (χ0v) is 19.5. The highest BCUT2D eigenvalue weighted by molar-refractivity contribution is 14.1. The minimum atomic E-state index is 0.102. The topological polar surface area (TPSA) is 35.5 Å². The molecule has 0 aliphatic heterocycles. The third-order valence-corrected chi connectivity index (χ3v) is 6.15. The largest absolute Gasteiger partial charge is 0.493 e. The van der Waals surface area contributed by atoms with Crippen molar-refractivity contribution in [2.24, 2.45) is 0 Å². The van der Waals surface area contributed by atoms with Crippen molar-refractivity contribution in [2.75, 3.05) is 7.11 Å². The molecule has 3 aromatic rings. The molecule has 0 amide bonds. The molecule has 0 radical (unpaired) electrons.